The van der Waals surface area contributed by atoms with E-state index < -0.39 is 29.3 Å². The third kappa shape index (κ3) is 5.92. The summed E-state index contributed by atoms with van der Waals surface area (Å²) in [6.45, 7) is 1.12. The summed E-state index contributed by atoms with van der Waals surface area (Å²) in [4.78, 5) is 24.0. The Bertz CT molecular complexity index is 1200. The van der Waals surface area contributed by atoms with Gasteiger partial charge in [0.25, 0.3) is 5.91 Å². The van der Waals surface area contributed by atoms with Crippen molar-refractivity contribution in [1.82, 2.24) is 9.78 Å². The monoisotopic (exact) mass is 472 g/mol. The average Bonchev–Trinajstić information content (AvgIpc) is 3.26. The number of nitriles is 1. The van der Waals surface area contributed by atoms with E-state index in [2.05, 4.69) is 15.2 Å². The first-order valence-electron chi connectivity index (χ1n) is 10.0. The minimum absolute atomic E-state index is 0.0366. The van der Waals surface area contributed by atoms with Crippen molar-refractivity contribution in [2.45, 2.75) is 19.5 Å². The molecule has 2 aromatic carbocycles. The number of halogens is 3. The summed E-state index contributed by atoms with van der Waals surface area (Å²) < 4.78 is 51.5. The van der Waals surface area contributed by atoms with Gasteiger partial charge in [0, 0.05) is 5.69 Å². The van der Waals surface area contributed by atoms with Crippen molar-refractivity contribution in [2.24, 2.45) is 0 Å². The molecule has 3 rings (SSSR count). The van der Waals surface area contributed by atoms with Gasteiger partial charge in [-0.1, -0.05) is 12.1 Å². The molecular weight excluding hydrogens is 453 g/mol. The Kier molecular flexibility index (Phi) is 7.53. The maximum Gasteiger partial charge on any atom is 0.434 e. The Labute approximate surface area is 192 Å². The number of nitrogens with zero attached hydrogens (tertiary/aromatic N) is 3. The maximum absolute atomic E-state index is 13.6. The number of esters is 1. The fraction of sp³-hybridized carbons (Fsp3) is 0.217. The Morgan fingerprint density at radius 3 is 2.38 bits per heavy atom. The van der Waals surface area contributed by atoms with Gasteiger partial charge in [-0.3, -0.25) is 4.79 Å². The molecule has 0 aliphatic heterocycles. The number of carbonyl (C=O) groups excluding carboxylic acids is 2. The number of aromatic nitrogens is 2. The molecule has 8 nitrogen and oxygen atoms in total. The number of ether oxygens (including phenoxy) is 2. The highest BCUT2D eigenvalue weighted by Gasteiger charge is 2.41. The highest BCUT2D eigenvalue weighted by atomic mass is 19.4. The summed E-state index contributed by atoms with van der Waals surface area (Å²) in [5.74, 6) is -1.15. The number of alkyl halides is 3. The van der Waals surface area contributed by atoms with Gasteiger partial charge in [0.05, 0.1) is 31.0 Å². The molecule has 0 spiro atoms. The molecule has 0 fully saturated rings. The molecule has 1 amide bonds. The van der Waals surface area contributed by atoms with E-state index in [1.165, 1.54) is 31.2 Å². The number of hydrogen-bond acceptors (Lipinski definition) is 6. The number of benzene rings is 2. The van der Waals surface area contributed by atoms with Crippen molar-refractivity contribution in [3.63, 3.8) is 0 Å². The van der Waals surface area contributed by atoms with Gasteiger partial charge in [-0.2, -0.15) is 23.5 Å². The van der Waals surface area contributed by atoms with E-state index in [0.29, 0.717) is 16.1 Å². The Hall–Kier alpha value is -4.33. The summed E-state index contributed by atoms with van der Waals surface area (Å²) in [5.41, 5.74) is -0.760. The van der Waals surface area contributed by atoms with Crippen molar-refractivity contribution in [2.75, 3.05) is 18.5 Å². The fourth-order valence-corrected chi connectivity index (χ4v) is 3.00. The molecule has 0 atom stereocenters. The van der Waals surface area contributed by atoms with Crippen LogP contribution in [0.3, 0.4) is 0 Å². The maximum atomic E-state index is 13.6. The van der Waals surface area contributed by atoms with Gasteiger partial charge < -0.3 is 14.8 Å². The first-order valence-corrected chi connectivity index (χ1v) is 10.0. The van der Waals surface area contributed by atoms with E-state index in [1.807, 2.05) is 6.07 Å². The van der Waals surface area contributed by atoms with Crippen LogP contribution >= 0.6 is 0 Å². The largest absolute Gasteiger partial charge is 0.484 e. The van der Waals surface area contributed by atoms with Crippen LogP contribution in [-0.4, -0.2) is 34.9 Å². The number of carbonyl (C=O) groups is 2. The van der Waals surface area contributed by atoms with Crippen molar-refractivity contribution in [3.8, 4) is 17.5 Å². The van der Waals surface area contributed by atoms with Gasteiger partial charge in [-0.25, -0.2) is 9.48 Å². The molecule has 0 unspecified atom stereocenters. The predicted octanol–water partition coefficient (Wildman–Crippen LogP) is 4.15. The van der Waals surface area contributed by atoms with E-state index in [0.717, 1.165) is 11.8 Å². The van der Waals surface area contributed by atoms with Gasteiger partial charge in [0.1, 0.15) is 11.3 Å². The number of hydrogen-bond donors (Lipinski definition) is 1. The zero-order chi connectivity index (χ0) is 24.7. The molecule has 3 aromatic rings. The van der Waals surface area contributed by atoms with E-state index in [1.54, 1.807) is 24.3 Å². The molecule has 0 aliphatic rings. The van der Waals surface area contributed by atoms with Crippen LogP contribution in [0.4, 0.5) is 18.9 Å². The zero-order valence-electron chi connectivity index (χ0n) is 17.9. The Morgan fingerprint density at radius 1 is 1.12 bits per heavy atom. The minimum Gasteiger partial charge on any atom is -0.484 e. The van der Waals surface area contributed by atoms with Gasteiger partial charge in [0.15, 0.2) is 12.3 Å². The lowest BCUT2D eigenvalue weighted by Crippen LogP contribution is -2.20. The first kappa shape index (κ1) is 24.3. The SMILES string of the molecule is CCOC(=O)c1cnn(-c2ccc(NC(=O)COc3ccc(CC#N)cc3)cc2)c1C(F)(F)F. The third-order valence-electron chi connectivity index (χ3n) is 4.51. The third-order valence-corrected chi connectivity index (χ3v) is 4.51. The quantitative estimate of drug-likeness (QED) is 0.494. The Balaban J connectivity index is 1.67. The summed E-state index contributed by atoms with van der Waals surface area (Å²) in [7, 11) is 0. The molecule has 176 valence electrons. The lowest BCUT2D eigenvalue weighted by atomic mass is 10.2. The van der Waals surface area contributed by atoms with Crippen LogP contribution in [-0.2, 0) is 22.1 Å². The zero-order valence-corrected chi connectivity index (χ0v) is 17.9. The molecule has 0 saturated heterocycles. The summed E-state index contributed by atoms with van der Waals surface area (Å²) in [6, 6.07) is 14.2. The molecule has 11 heteroatoms. The van der Waals surface area contributed by atoms with Gasteiger partial charge in [-0.15, -0.1) is 0 Å². The van der Waals surface area contributed by atoms with Crippen LogP contribution in [0.1, 0.15) is 28.5 Å². The van der Waals surface area contributed by atoms with Crippen molar-refractivity contribution in [1.29, 1.82) is 5.26 Å². The second-order valence-electron chi connectivity index (χ2n) is 6.90. The highest BCUT2D eigenvalue weighted by Crippen LogP contribution is 2.34. The molecule has 0 saturated carbocycles. The van der Waals surface area contributed by atoms with E-state index in [4.69, 9.17) is 10.00 Å². The molecular formula is C23H19F3N4O4. The van der Waals surface area contributed by atoms with Crippen LogP contribution in [0.25, 0.3) is 5.69 Å². The Morgan fingerprint density at radius 2 is 1.79 bits per heavy atom. The van der Waals surface area contributed by atoms with E-state index in [9.17, 15) is 22.8 Å². The molecule has 0 bridgehead atoms. The van der Waals surface area contributed by atoms with Crippen LogP contribution in [0.5, 0.6) is 5.75 Å². The van der Waals surface area contributed by atoms with Crippen molar-refractivity contribution in [3.05, 3.63) is 71.5 Å². The molecule has 1 aromatic heterocycles. The molecule has 0 radical (unpaired) electrons. The second kappa shape index (κ2) is 10.5. The minimum atomic E-state index is -4.85. The summed E-state index contributed by atoms with van der Waals surface area (Å²) in [5, 5.41) is 14.9. The van der Waals surface area contributed by atoms with Crippen molar-refractivity contribution >= 4 is 17.6 Å². The van der Waals surface area contributed by atoms with Gasteiger partial charge >= 0.3 is 12.1 Å². The number of anilines is 1. The average molecular weight is 472 g/mol. The van der Waals surface area contributed by atoms with E-state index in [-0.39, 0.29) is 25.3 Å². The fourth-order valence-electron chi connectivity index (χ4n) is 3.00. The molecule has 1 N–H and O–H groups in total. The van der Waals surface area contributed by atoms with E-state index >= 15 is 0 Å². The predicted molar refractivity (Wildman–Crippen MR) is 114 cm³/mol. The second-order valence-corrected chi connectivity index (χ2v) is 6.90. The number of rotatable bonds is 8. The standard InChI is InChI=1S/C23H19F3N4O4/c1-2-33-22(32)19-13-28-30(21(19)23(24,25)26)17-7-5-16(6-8-17)29-20(31)14-34-18-9-3-15(4-10-18)11-12-27/h3-10,13H,2,11,14H2,1H3,(H,29,31). The topological polar surface area (TPSA) is 106 Å². The van der Waals surface area contributed by atoms with Crippen molar-refractivity contribution < 1.29 is 32.2 Å². The molecule has 34 heavy (non-hydrogen) atoms. The molecule has 0 aliphatic carbocycles. The normalized spacial score (nSPS) is 10.9. The summed E-state index contributed by atoms with van der Waals surface area (Å²) in [6.07, 6.45) is -3.78. The first-order chi connectivity index (χ1) is 16.2. The smallest absolute Gasteiger partial charge is 0.434 e. The lowest BCUT2D eigenvalue weighted by molar-refractivity contribution is -0.143. The highest BCUT2D eigenvalue weighted by molar-refractivity contribution is 5.92. The number of nitrogens with one attached hydrogen (secondary N) is 1. The van der Waals surface area contributed by atoms with Crippen LogP contribution in [0.2, 0.25) is 0 Å². The number of amides is 1. The van der Waals surface area contributed by atoms with Gasteiger partial charge in [-0.05, 0) is 48.9 Å². The van der Waals surface area contributed by atoms with Crippen LogP contribution < -0.4 is 10.1 Å². The van der Waals surface area contributed by atoms with Crippen LogP contribution in [0.15, 0.2) is 54.7 Å². The molecule has 1 heterocycles. The summed E-state index contributed by atoms with van der Waals surface area (Å²) >= 11 is 0. The van der Waals surface area contributed by atoms with Crippen LogP contribution in [0, 0.1) is 11.3 Å². The lowest BCUT2D eigenvalue weighted by Gasteiger charge is -2.13. The van der Waals surface area contributed by atoms with Gasteiger partial charge in [0.2, 0.25) is 0 Å².